The molecule has 0 unspecified atom stereocenters. The molecule has 3 aromatic carbocycles. The molecular formula is C39H52ClNO4. The molecule has 0 N–H and O–H groups in total. The second-order valence-electron chi connectivity index (χ2n) is 12.7. The molecule has 0 saturated carbocycles. The maximum absolute atomic E-state index is 6.43. The summed E-state index contributed by atoms with van der Waals surface area (Å²) < 4.78 is 25.9. The number of hydrogen-bond donors (Lipinski definition) is 0. The van der Waals surface area contributed by atoms with Gasteiger partial charge in [-0.3, -0.25) is 0 Å². The lowest BCUT2D eigenvalue weighted by atomic mass is 9.86. The molecule has 1 aromatic heterocycles. The third-order valence-electron chi connectivity index (χ3n) is 8.48. The molecule has 0 aliphatic rings. The van der Waals surface area contributed by atoms with Gasteiger partial charge in [-0.05, 0) is 59.0 Å². The third kappa shape index (κ3) is 9.53. The van der Waals surface area contributed by atoms with Crippen LogP contribution in [0.15, 0.2) is 66.9 Å². The van der Waals surface area contributed by atoms with Crippen molar-refractivity contribution < 1.29 is 35.9 Å². The van der Waals surface area contributed by atoms with E-state index in [0.717, 1.165) is 58.6 Å². The van der Waals surface area contributed by atoms with Crippen molar-refractivity contribution in [1.29, 1.82) is 0 Å². The SMILES string of the molecule is CCCCCCCCOc1c(C[n+]2ccc3cc(OC)c(OC)cc3c2CCc2ccc(C(C)(C)C)cc2)cccc1OC.[Cl-]. The smallest absolute Gasteiger partial charge is 0.189 e. The van der Waals surface area contributed by atoms with E-state index in [1.165, 1.54) is 48.9 Å². The van der Waals surface area contributed by atoms with Crippen molar-refractivity contribution in [2.45, 2.75) is 91.0 Å². The molecule has 0 atom stereocenters. The molecule has 0 saturated heterocycles. The predicted molar refractivity (Wildman–Crippen MR) is 181 cm³/mol. The average molecular weight is 634 g/mol. The number of aryl methyl sites for hydroxylation is 2. The molecule has 0 amide bonds. The normalized spacial score (nSPS) is 11.3. The number of ether oxygens (including phenoxy) is 4. The van der Waals surface area contributed by atoms with Gasteiger partial charge in [0.25, 0.3) is 0 Å². The van der Waals surface area contributed by atoms with E-state index in [4.69, 9.17) is 18.9 Å². The number of hydrogen-bond acceptors (Lipinski definition) is 4. The topological polar surface area (TPSA) is 40.8 Å². The Hall–Kier alpha value is -3.44. The van der Waals surface area contributed by atoms with Crippen LogP contribution in [0.4, 0.5) is 0 Å². The molecule has 0 aliphatic heterocycles. The van der Waals surface area contributed by atoms with Gasteiger partial charge in [-0.25, -0.2) is 0 Å². The highest BCUT2D eigenvalue weighted by molar-refractivity contribution is 5.87. The van der Waals surface area contributed by atoms with Gasteiger partial charge in [0, 0.05) is 12.5 Å². The lowest BCUT2D eigenvalue weighted by molar-refractivity contribution is -0.694. The highest BCUT2D eigenvalue weighted by Gasteiger charge is 2.22. The summed E-state index contributed by atoms with van der Waals surface area (Å²) >= 11 is 0. The van der Waals surface area contributed by atoms with E-state index >= 15 is 0 Å². The van der Waals surface area contributed by atoms with Crippen LogP contribution >= 0.6 is 0 Å². The van der Waals surface area contributed by atoms with Crippen LogP contribution in [0.25, 0.3) is 10.8 Å². The highest BCUT2D eigenvalue weighted by Crippen LogP contribution is 2.35. The Morgan fingerprint density at radius 2 is 1.38 bits per heavy atom. The van der Waals surface area contributed by atoms with Gasteiger partial charge in [-0.15, -0.1) is 0 Å². The zero-order chi connectivity index (χ0) is 31.5. The lowest BCUT2D eigenvalue weighted by Crippen LogP contribution is -3.00. The molecule has 45 heavy (non-hydrogen) atoms. The quantitative estimate of drug-likeness (QED) is 0.112. The summed E-state index contributed by atoms with van der Waals surface area (Å²) in [6.07, 6.45) is 11.4. The van der Waals surface area contributed by atoms with Crippen LogP contribution in [0.2, 0.25) is 0 Å². The van der Waals surface area contributed by atoms with Crippen LogP contribution in [0, 0.1) is 0 Å². The minimum Gasteiger partial charge on any atom is -1.00 e. The van der Waals surface area contributed by atoms with Crippen LogP contribution in [0.1, 0.15) is 88.6 Å². The number of methoxy groups -OCH3 is 3. The Labute approximate surface area is 277 Å². The molecule has 0 radical (unpaired) electrons. The van der Waals surface area contributed by atoms with E-state index in [-0.39, 0.29) is 17.8 Å². The second-order valence-corrected chi connectivity index (χ2v) is 12.7. The van der Waals surface area contributed by atoms with Gasteiger partial charge in [0.15, 0.2) is 41.4 Å². The molecule has 1 heterocycles. The van der Waals surface area contributed by atoms with Gasteiger partial charge in [-0.1, -0.05) is 90.1 Å². The van der Waals surface area contributed by atoms with E-state index in [0.29, 0.717) is 13.2 Å². The molecule has 6 heteroatoms. The number of para-hydroxylation sites is 1. The maximum Gasteiger partial charge on any atom is 0.189 e. The fourth-order valence-corrected chi connectivity index (χ4v) is 5.81. The van der Waals surface area contributed by atoms with Gasteiger partial charge in [0.1, 0.15) is 0 Å². The largest absolute Gasteiger partial charge is 1.00 e. The average Bonchev–Trinajstić information content (AvgIpc) is 3.03. The summed E-state index contributed by atoms with van der Waals surface area (Å²) in [6, 6.07) is 21.6. The van der Waals surface area contributed by atoms with Crippen molar-refractivity contribution in [2.75, 3.05) is 27.9 Å². The summed E-state index contributed by atoms with van der Waals surface area (Å²) in [5, 5.41) is 2.29. The van der Waals surface area contributed by atoms with Gasteiger partial charge in [-0.2, -0.15) is 4.57 Å². The minimum absolute atomic E-state index is 0. The molecule has 244 valence electrons. The number of benzene rings is 3. The van der Waals surface area contributed by atoms with Gasteiger partial charge >= 0.3 is 0 Å². The van der Waals surface area contributed by atoms with Gasteiger partial charge < -0.3 is 31.4 Å². The number of rotatable bonds is 16. The molecule has 0 fully saturated rings. The predicted octanol–water partition coefficient (Wildman–Crippen LogP) is 6.03. The summed E-state index contributed by atoms with van der Waals surface area (Å²) in [5.74, 6) is 3.09. The first-order valence-electron chi connectivity index (χ1n) is 16.2. The Bertz CT molecular complexity index is 1490. The summed E-state index contributed by atoms with van der Waals surface area (Å²) in [7, 11) is 5.10. The van der Waals surface area contributed by atoms with Crippen LogP contribution in [0.3, 0.4) is 0 Å². The van der Waals surface area contributed by atoms with E-state index in [1.54, 1.807) is 21.3 Å². The monoisotopic (exact) mass is 633 g/mol. The first-order valence-corrected chi connectivity index (χ1v) is 16.2. The Morgan fingerprint density at radius 3 is 2.04 bits per heavy atom. The van der Waals surface area contributed by atoms with Crippen molar-refractivity contribution in [3.05, 3.63) is 89.2 Å². The van der Waals surface area contributed by atoms with Crippen molar-refractivity contribution >= 4 is 10.8 Å². The van der Waals surface area contributed by atoms with Crippen LogP contribution < -0.4 is 35.9 Å². The molecule has 5 nitrogen and oxygen atoms in total. The number of pyridine rings is 1. The molecule has 0 bridgehead atoms. The van der Waals surface area contributed by atoms with Crippen molar-refractivity contribution in [1.82, 2.24) is 0 Å². The van der Waals surface area contributed by atoms with Crippen molar-refractivity contribution in [2.24, 2.45) is 0 Å². The first kappa shape index (κ1) is 36.0. The van der Waals surface area contributed by atoms with Crippen LogP contribution in [-0.4, -0.2) is 27.9 Å². The zero-order valence-corrected chi connectivity index (χ0v) is 29.1. The van der Waals surface area contributed by atoms with Crippen molar-refractivity contribution in [3.63, 3.8) is 0 Å². The van der Waals surface area contributed by atoms with Crippen LogP contribution in [0.5, 0.6) is 23.0 Å². The Morgan fingerprint density at radius 1 is 0.711 bits per heavy atom. The highest BCUT2D eigenvalue weighted by atomic mass is 35.5. The van der Waals surface area contributed by atoms with Crippen LogP contribution in [-0.2, 0) is 24.8 Å². The maximum atomic E-state index is 6.43. The fourth-order valence-electron chi connectivity index (χ4n) is 5.81. The number of unbranched alkanes of at least 4 members (excludes halogenated alkanes) is 5. The number of nitrogens with zero attached hydrogens (tertiary/aromatic N) is 1. The van der Waals surface area contributed by atoms with Gasteiger partial charge in [0.05, 0.1) is 38.9 Å². The standard InChI is InChI=1S/C39H52NO4.ClH/c1-8-9-10-11-12-13-25-44-38-31(15-14-16-35(38)41-5)28-40-24-23-30-26-36(42-6)37(43-7)27-33(30)34(40)22-19-29-17-20-32(21-18-29)39(2,3)4;/h14-18,20-21,23-24,26-27H,8-13,19,22,25,28H2,1-7H3;1H/q+1;/p-1. The second kappa shape index (κ2) is 17.3. The minimum atomic E-state index is 0. The lowest BCUT2D eigenvalue weighted by Gasteiger charge is -2.19. The zero-order valence-electron chi connectivity index (χ0n) is 28.4. The number of aromatic nitrogens is 1. The van der Waals surface area contributed by atoms with E-state index in [2.05, 4.69) is 93.1 Å². The molecule has 4 rings (SSSR count). The number of fused-ring (bicyclic) bond motifs is 1. The summed E-state index contributed by atoms with van der Waals surface area (Å²) in [4.78, 5) is 0. The van der Waals surface area contributed by atoms with Gasteiger partial charge in [0.2, 0.25) is 0 Å². The first-order chi connectivity index (χ1) is 21.3. The summed E-state index contributed by atoms with van der Waals surface area (Å²) in [6.45, 7) is 10.4. The van der Waals surface area contributed by atoms with E-state index < -0.39 is 0 Å². The fraction of sp³-hybridized carbons (Fsp3) is 0.462. The molecule has 0 aliphatic carbocycles. The third-order valence-corrected chi connectivity index (χ3v) is 8.48. The van der Waals surface area contributed by atoms with Crippen molar-refractivity contribution in [3.8, 4) is 23.0 Å². The summed E-state index contributed by atoms with van der Waals surface area (Å²) in [5.41, 5.74) is 5.17. The van der Waals surface area contributed by atoms with E-state index in [9.17, 15) is 0 Å². The molecule has 0 spiro atoms. The number of halogens is 1. The Balaban J connectivity index is 0.00000552. The Kier molecular flexibility index (Phi) is 13.9. The van der Waals surface area contributed by atoms with E-state index in [1.807, 2.05) is 6.07 Å². The molecule has 4 aromatic rings. The molecular weight excluding hydrogens is 582 g/mol.